The van der Waals surface area contributed by atoms with E-state index in [1.54, 1.807) is 0 Å². The minimum Gasteiger partial charge on any atom is -0.406 e. The normalized spacial score (nSPS) is 12.6. The number of benzene rings is 2. The minimum atomic E-state index is -4.91. The fraction of sp³-hybridized carbons (Fsp3) is 0.0769. The second kappa shape index (κ2) is 6.54. The largest absolute Gasteiger partial charge is 0.573 e. The zero-order chi connectivity index (χ0) is 18.9. The minimum absolute atomic E-state index is 0.291. The Labute approximate surface area is 141 Å². The van der Waals surface area contributed by atoms with Crippen LogP contribution in [-0.2, 0) is 20.0 Å². The van der Waals surface area contributed by atoms with Gasteiger partial charge in [0.15, 0.2) is 0 Å². The molecule has 0 fully saturated rings. The number of ether oxygens (including phenoxy) is 1. The van der Waals surface area contributed by atoms with Crippen molar-refractivity contribution in [1.82, 2.24) is 0 Å². The molecule has 0 saturated carbocycles. The number of halogens is 3. The van der Waals surface area contributed by atoms with Gasteiger partial charge in [0.05, 0.1) is 10.6 Å². The fourth-order valence-corrected chi connectivity index (χ4v) is 3.66. The van der Waals surface area contributed by atoms with Crippen LogP contribution >= 0.6 is 0 Å². The molecule has 7 nitrogen and oxygen atoms in total. The maximum Gasteiger partial charge on any atom is 0.573 e. The van der Waals surface area contributed by atoms with E-state index < -0.39 is 41.9 Å². The summed E-state index contributed by atoms with van der Waals surface area (Å²) in [6, 6.07) is 8.40. The molecular weight excluding hydrogens is 385 g/mol. The maximum absolute atomic E-state index is 12.3. The second-order valence-electron chi connectivity index (χ2n) is 4.67. The predicted octanol–water partition coefficient (Wildman–Crippen LogP) is 2.03. The summed E-state index contributed by atoms with van der Waals surface area (Å²) in [5.74, 6) is -0.601. The Balaban J connectivity index is 2.32. The van der Waals surface area contributed by atoms with Crippen molar-refractivity contribution in [3.8, 4) is 5.75 Å². The SMILES string of the molecule is NS(=O)(=O)c1ccccc1NS(=O)(=O)c1ccc(OC(F)(F)F)cc1. The first-order valence-electron chi connectivity index (χ1n) is 6.39. The van der Waals surface area contributed by atoms with Crippen molar-refractivity contribution in [2.45, 2.75) is 16.2 Å². The van der Waals surface area contributed by atoms with Crippen LogP contribution in [0, 0.1) is 0 Å². The lowest BCUT2D eigenvalue weighted by atomic mass is 10.3. The summed E-state index contributed by atoms with van der Waals surface area (Å²) < 4.78 is 89.4. The van der Waals surface area contributed by atoms with Crippen molar-refractivity contribution in [3.05, 3.63) is 48.5 Å². The van der Waals surface area contributed by atoms with Crippen LogP contribution in [-0.4, -0.2) is 23.2 Å². The van der Waals surface area contributed by atoms with Crippen LogP contribution in [0.15, 0.2) is 58.3 Å². The standard InChI is InChI=1S/C13H11F3N2O5S2/c14-13(15,16)23-9-5-7-10(8-6-9)25(21,22)18-11-3-1-2-4-12(11)24(17,19)20/h1-8,18H,(H2,17,19,20). The molecule has 0 atom stereocenters. The molecule has 2 aromatic carbocycles. The van der Waals surface area contributed by atoms with Gasteiger partial charge in [-0.3, -0.25) is 4.72 Å². The van der Waals surface area contributed by atoms with E-state index in [0.717, 1.165) is 30.3 Å². The van der Waals surface area contributed by atoms with Crippen molar-refractivity contribution < 1.29 is 34.7 Å². The third-order valence-electron chi connectivity index (χ3n) is 2.81. The van der Waals surface area contributed by atoms with Crippen LogP contribution in [0.2, 0.25) is 0 Å². The van der Waals surface area contributed by atoms with Crippen LogP contribution in [0.3, 0.4) is 0 Å². The molecule has 0 saturated heterocycles. The summed E-state index contributed by atoms with van der Waals surface area (Å²) in [5.41, 5.74) is -0.291. The molecule has 0 bridgehead atoms. The molecule has 2 aromatic rings. The Hall–Kier alpha value is -2.31. The molecule has 0 aliphatic heterocycles. The molecule has 25 heavy (non-hydrogen) atoms. The van der Waals surface area contributed by atoms with E-state index in [0.29, 0.717) is 0 Å². The zero-order valence-corrected chi connectivity index (χ0v) is 13.8. The van der Waals surface area contributed by atoms with E-state index in [2.05, 4.69) is 4.74 Å². The number of nitrogens with two attached hydrogens (primary N) is 1. The van der Waals surface area contributed by atoms with Gasteiger partial charge < -0.3 is 4.74 Å². The Kier molecular flexibility index (Phi) is 4.97. The van der Waals surface area contributed by atoms with Gasteiger partial charge in [-0.25, -0.2) is 22.0 Å². The van der Waals surface area contributed by atoms with Crippen LogP contribution in [0.4, 0.5) is 18.9 Å². The Bertz CT molecular complexity index is 971. The molecule has 0 aliphatic rings. The van der Waals surface area contributed by atoms with Crippen LogP contribution in [0.5, 0.6) is 5.75 Å². The van der Waals surface area contributed by atoms with Crippen molar-refractivity contribution >= 4 is 25.7 Å². The highest BCUT2D eigenvalue weighted by molar-refractivity contribution is 7.93. The third kappa shape index (κ3) is 5.08. The number of hydrogen-bond donors (Lipinski definition) is 2. The molecule has 0 radical (unpaired) electrons. The van der Waals surface area contributed by atoms with Crippen molar-refractivity contribution in [3.63, 3.8) is 0 Å². The molecule has 12 heteroatoms. The Morgan fingerprint density at radius 3 is 2.00 bits per heavy atom. The fourth-order valence-electron chi connectivity index (χ4n) is 1.82. The molecule has 2 rings (SSSR count). The summed E-state index contributed by atoms with van der Waals surface area (Å²) in [6.45, 7) is 0. The molecular formula is C13H11F3N2O5S2. The Morgan fingerprint density at radius 2 is 1.48 bits per heavy atom. The average molecular weight is 396 g/mol. The van der Waals surface area contributed by atoms with E-state index in [1.165, 1.54) is 18.2 Å². The lowest BCUT2D eigenvalue weighted by Crippen LogP contribution is -2.19. The first-order chi connectivity index (χ1) is 11.4. The van der Waals surface area contributed by atoms with Gasteiger partial charge in [0, 0.05) is 0 Å². The van der Waals surface area contributed by atoms with Gasteiger partial charge in [-0.05, 0) is 36.4 Å². The first kappa shape index (κ1) is 19.0. The topological polar surface area (TPSA) is 116 Å². The van der Waals surface area contributed by atoms with E-state index in [4.69, 9.17) is 5.14 Å². The van der Waals surface area contributed by atoms with E-state index in [1.807, 2.05) is 4.72 Å². The van der Waals surface area contributed by atoms with Gasteiger partial charge in [-0.15, -0.1) is 13.2 Å². The third-order valence-corrected chi connectivity index (χ3v) is 5.16. The summed E-state index contributed by atoms with van der Waals surface area (Å²) in [5, 5.41) is 5.01. The zero-order valence-electron chi connectivity index (χ0n) is 12.2. The van der Waals surface area contributed by atoms with Gasteiger partial charge in [0.1, 0.15) is 10.6 Å². The molecule has 0 heterocycles. The maximum atomic E-state index is 12.3. The number of hydrogen-bond acceptors (Lipinski definition) is 5. The summed E-state index contributed by atoms with van der Waals surface area (Å²) in [4.78, 5) is -0.846. The van der Waals surface area contributed by atoms with E-state index in [9.17, 15) is 30.0 Å². The van der Waals surface area contributed by atoms with Gasteiger partial charge in [0.25, 0.3) is 10.0 Å². The number of rotatable bonds is 5. The quantitative estimate of drug-likeness (QED) is 0.802. The summed E-state index contributed by atoms with van der Waals surface area (Å²) >= 11 is 0. The number of anilines is 1. The molecule has 0 unspecified atom stereocenters. The smallest absolute Gasteiger partial charge is 0.406 e. The van der Waals surface area contributed by atoms with Crippen molar-refractivity contribution in [1.29, 1.82) is 0 Å². The molecule has 0 amide bonds. The van der Waals surface area contributed by atoms with Crippen molar-refractivity contribution in [2.24, 2.45) is 5.14 Å². The lowest BCUT2D eigenvalue weighted by molar-refractivity contribution is -0.274. The van der Waals surface area contributed by atoms with E-state index >= 15 is 0 Å². The highest BCUT2D eigenvalue weighted by Gasteiger charge is 2.31. The molecule has 0 aromatic heterocycles. The number of primary sulfonamides is 1. The lowest BCUT2D eigenvalue weighted by Gasteiger charge is -2.12. The molecule has 136 valence electrons. The highest BCUT2D eigenvalue weighted by atomic mass is 32.2. The number of para-hydroxylation sites is 1. The summed E-state index contributed by atoms with van der Waals surface area (Å²) in [6.07, 6.45) is -4.91. The van der Waals surface area contributed by atoms with E-state index in [-0.39, 0.29) is 5.69 Å². The summed E-state index contributed by atoms with van der Waals surface area (Å²) in [7, 11) is -8.45. The monoisotopic (exact) mass is 396 g/mol. The van der Waals surface area contributed by atoms with Crippen LogP contribution < -0.4 is 14.6 Å². The number of sulfonamides is 2. The highest BCUT2D eigenvalue weighted by Crippen LogP contribution is 2.26. The molecule has 0 spiro atoms. The predicted molar refractivity (Wildman–Crippen MR) is 81.7 cm³/mol. The van der Waals surface area contributed by atoms with Crippen molar-refractivity contribution in [2.75, 3.05) is 4.72 Å². The average Bonchev–Trinajstić information content (AvgIpc) is 2.45. The van der Waals surface area contributed by atoms with Gasteiger partial charge in [0.2, 0.25) is 10.0 Å². The molecule has 3 N–H and O–H groups in total. The van der Waals surface area contributed by atoms with Gasteiger partial charge >= 0.3 is 6.36 Å². The van der Waals surface area contributed by atoms with Gasteiger partial charge in [-0.1, -0.05) is 12.1 Å². The number of alkyl halides is 3. The van der Waals surface area contributed by atoms with Crippen LogP contribution in [0.1, 0.15) is 0 Å². The van der Waals surface area contributed by atoms with Crippen LogP contribution in [0.25, 0.3) is 0 Å². The molecule has 0 aliphatic carbocycles. The second-order valence-corrected chi connectivity index (χ2v) is 7.88. The Morgan fingerprint density at radius 1 is 0.920 bits per heavy atom. The first-order valence-corrected chi connectivity index (χ1v) is 9.42. The van der Waals surface area contributed by atoms with Gasteiger partial charge in [-0.2, -0.15) is 0 Å². The number of nitrogens with one attached hydrogen (secondary N) is 1.